The summed E-state index contributed by atoms with van der Waals surface area (Å²) in [6, 6.07) is -0.683. The molecule has 0 aliphatic carbocycles. The maximum absolute atomic E-state index is 7.09. The van der Waals surface area contributed by atoms with Gasteiger partial charge in [-0.1, -0.05) is 0 Å². The van der Waals surface area contributed by atoms with Gasteiger partial charge in [0.2, 0.25) is 0 Å². The molecule has 0 unspecified atom stereocenters. The number of aromatic amines is 1. The zero-order chi connectivity index (χ0) is 8.59. The first-order valence-electron chi connectivity index (χ1n) is 3.75. The van der Waals surface area contributed by atoms with Crippen LogP contribution in [-0.2, 0) is 0 Å². The fraction of sp³-hybridized carbons (Fsp3) is 0. The van der Waals surface area contributed by atoms with Gasteiger partial charge in [0.1, 0.15) is 0 Å². The highest BCUT2D eigenvalue weighted by Crippen LogP contribution is 1.63. The maximum Gasteiger partial charge on any atom is 0.0816 e. The largest absolute Gasteiger partial charge is 0.367 e. The lowest BCUT2D eigenvalue weighted by molar-refractivity contribution is 1.21. The van der Waals surface area contributed by atoms with E-state index in [1.165, 1.54) is 0 Å². The van der Waals surface area contributed by atoms with Crippen molar-refractivity contribution in [2.45, 2.75) is 0 Å². The number of hydrogen-bond acceptors (Lipinski definition) is 1. The summed E-state index contributed by atoms with van der Waals surface area (Å²) in [5.74, 6) is 0. The van der Waals surface area contributed by atoms with Crippen molar-refractivity contribution in [1.29, 1.82) is 5.41 Å². The Kier molecular flexibility index (Phi) is 0.336. The van der Waals surface area contributed by atoms with Crippen LogP contribution in [0.4, 0.5) is 0 Å². The molecule has 7 heavy (non-hydrogen) atoms. The Morgan fingerprint density at radius 3 is 2.71 bits per heavy atom. The molecule has 0 atom stereocenters. The summed E-state index contributed by atoms with van der Waals surface area (Å²) in [5.41, 5.74) is 0. The monoisotopic (exact) mass is 98.1 g/mol. The van der Waals surface area contributed by atoms with Crippen molar-refractivity contribution in [1.82, 2.24) is 4.98 Å². The topological polar surface area (TPSA) is 39.6 Å². The summed E-state index contributed by atoms with van der Waals surface area (Å²) in [5, 5.41) is 6.71. The summed E-state index contributed by atoms with van der Waals surface area (Å²) >= 11 is 0. The van der Waals surface area contributed by atoms with Crippen LogP contribution in [0.15, 0.2) is 24.4 Å². The van der Waals surface area contributed by atoms with Gasteiger partial charge in [-0.25, -0.2) is 0 Å². The van der Waals surface area contributed by atoms with E-state index >= 15 is 0 Å². The third-order valence-corrected chi connectivity index (χ3v) is 0.500. The average molecular weight is 98.1 g/mol. The van der Waals surface area contributed by atoms with E-state index in [4.69, 9.17) is 10.9 Å². The van der Waals surface area contributed by atoms with Gasteiger partial charge in [-0.3, -0.25) is 0 Å². The van der Waals surface area contributed by atoms with Crippen LogP contribution in [0, 0.1) is 5.41 Å². The van der Waals surface area contributed by atoms with E-state index in [9.17, 15) is 0 Å². The third kappa shape index (κ3) is 0.892. The fourth-order valence-electron chi connectivity index (χ4n) is 0.250. The van der Waals surface area contributed by atoms with E-state index in [1.807, 2.05) is 0 Å². The molecule has 0 radical (unpaired) electrons. The molecule has 0 aromatic carbocycles. The van der Waals surface area contributed by atoms with E-state index in [1.54, 1.807) is 0 Å². The van der Waals surface area contributed by atoms with Crippen LogP contribution in [0.1, 0.15) is 5.48 Å². The standard InChI is InChI=1S/C5H6N2/c6-5-1-3-7-4-2-5/h1-4H,(H2,6,7)/i1D,2D,3D,4D. The normalized spacial score (nSPS) is 16.6. The van der Waals surface area contributed by atoms with Crippen molar-refractivity contribution in [2.24, 2.45) is 0 Å². The highest BCUT2D eigenvalue weighted by molar-refractivity contribution is 4.86. The van der Waals surface area contributed by atoms with Crippen LogP contribution in [0.2, 0.25) is 0 Å². The maximum atomic E-state index is 7.09. The molecule has 2 N–H and O–H groups in total. The van der Waals surface area contributed by atoms with Crippen molar-refractivity contribution in [3.63, 3.8) is 0 Å². The molecule has 1 aromatic heterocycles. The molecule has 1 rings (SSSR count). The molecule has 2 nitrogen and oxygen atoms in total. The molecule has 0 aliphatic heterocycles. The Labute approximate surface area is 47.0 Å². The van der Waals surface area contributed by atoms with E-state index in [-0.39, 0.29) is 29.8 Å². The Bertz CT molecular complexity index is 314. The lowest BCUT2D eigenvalue weighted by Gasteiger charge is -1.76. The molecule has 36 valence electrons. The second kappa shape index (κ2) is 1.60. The molecular weight excluding hydrogens is 88.1 g/mol. The van der Waals surface area contributed by atoms with Crippen molar-refractivity contribution in [3.05, 3.63) is 29.8 Å². The first kappa shape index (κ1) is 1.47. The lowest BCUT2D eigenvalue weighted by atomic mass is 10.5. The highest BCUT2D eigenvalue weighted by atomic mass is 14.6. The van der Waals surface area contributed by atoms with Crippen LogP contribution >= 0.6 is 0 Å². The minimum Gasteiger partial charge on any atom is -0.367 e. The molecule has 0 aliphatic rings. The van der Waals surface area contributed by atoms with Crippen molar-refractivity contribution >= 4 is 0 Å². The smallest absolute Gasteiger partial charge is 0.0816 e. The van der Waals surface area contributed by atoms with Crippen LogP contribution in [0.25, 0.3) is 0 Å². The summed E-state index contributed by atoms with van der Waals surface area (Å²) in [6.45, 7) is 0. The second-order valence-electron chi connectivity index (χ2n) is 1.00. The minimum atomic E-state index is -0.376. The molecular formula is C5H6N2. The predicted molar refractivity (Wildman–Crippen MR) is 26.6 cm³/mol. The zero-order valence-electron chi connectivity index (χ0n) is 7.50. The molecule has 1 heterocycles. The Balaban J connectivity index is 3.59. The number of hydrogen-bond donors (Lipinski definition) is 2. The molecule has 0 fully saturated rings. The number of pyridine rings is 1. The van der Waals surface area contributed by atoms with Gasteiger partial charge in [0.05, 0.1) is 10.8 Å². The summed E-state index contributed by atoms with van der Waals surface area (Å²) < 4.78 is 28.2. The first-order valence-corrected chi connectivity index (χ1v) is 1.75. The highest BCUT2D eigenvalue weighted by Gasteiger charge is 1.65. The molecule has 0 bridgehead atoms. The van der Waals surface area contributed by atoms with E-state index in [0.29, 0.717) is 0 Å². The van der Waals surface area contributed by atoms with Gasteiger partial charge >= 0.3 is 0 Å². The molecule has 0 spiro atoms. The van der Waals surface area contributed by atoms with Gasteiger partial charge < -0.3 is 10.4 Å². The Morgan fingerprint density at radius 1 is 1.57 bits per heavy atom. The molecule has 0 amide bonds. The quantitative estimate of drug-likeness (QED) is 0.474. The Morgan fingerprint density at radius 2 is 2.14 bits per heavy atom. The van der Waals surface area contributed by atoms with Crippen molar-refractivity contribution in [3.8, 4) is 0 Å². The molecule has 0 saturated heterocycles. The SMILES string of the molecule is [2H]c1[nH]c([2H])c([2H])c(=N)c1[2H]. The van der Waals surface area contributed by atoms with Crippen LogP contribution in [0.3, 0.4) is 0 Å². The first-order chi connectivity index (χ1) is 5.04. The van der Waals surface area contributed by atoms with E-state index in [2.05, 4.69) is 4.98 Å². The van der Waals surface area contributed by atoms with Gasteiger partial charge in [0.25, 0.3) is 0 Å². The fourth-order valence-corrected chi connectivity index (χ4v) is 0.250. The van der Waals surface area contributed by atoms with Gasteiger partial charge in [-0.2, -0.15) is 0 Å². The predicted octanol–water partition coefficient (Wildman–Crippen LogP) is 0.494. The number of rotatable bonds is 0. The Hall–Kier alpha value is -1.05. The van der Waals surface area contributed by atoms with E-state index in [0.717, 1.165) is 0 Å². The van der Waals surface area contributed by atoms with Gasteiger partial charge in [0, 0.05) is 12.3 Å². The van der Waals surface area contributed by atoms with Crippen molar-refractivity contribution < 1.29 is 5.48 Å². The molecule has 1 aromatic rings. The van der Waals surface area contributed by atoms with Gasteiger partial charge in [-0.05, 0) is 12.1 Å². The lowest BCUT2D eigenvalue weighted by Crippen LogP contribution is -1.93. The number of aromatic nitrogens is 1. The molecule has 0 saturated carbocycles. The number of nitrogens with one attached hydrogen (secondary N) is 2. The van der Waals surface area contributed by atoms with Crippen LogP contribution in [-0.4, -0.2) is 4.98 Å². The van der Waals surface area contributed by atoms with Gasteiger partial charge in [0.15, 0.2) is 0 Å². The van der Waals surface area contributed by atoms with Crippen LogP contribution < -0.4 is 5.36 Å². The summed E-state index contributed by atoms with van der Waals surface area (Å²) in [4.78, 5) is 2.19. The van der Waals surface area contributed by atoms with Crippen LogP contribution in [0.5, 0.6) is 0 Å². The minimum absolute atomic E-state index is 0.295. The summed E-state index contributed by atoms with van der Waals surface area (Å²) in [7, 11) is 0. The van der Waals surface area contributed by atoms with E-state index < -0.39 is 0 Å². The second-order valence-corrected chi connectivity index (χ2v) is 1.00. The number of H-pyrrole nitrogens is 1. The third-order valence-electron chi connectivity index (χ3n) is 0.500. The summed E-state index contributed by atoms with van der Waals surface area (Å²) in [6.07, 6.45) is -0.591. The van der Waals surface area contributed by atoms with Gasteiger partial charge in [-0.15, -0.1) is 0 Å². The zero-order valence-corrected chi connectivity index (χ0v) is 3.50. The average Bonchev–Trinajstić information content (AvgIpc) is 1.97. The molecule has 2 heteroatoms. The van der Waals surface area contributed by atoms with Crippen molar-refractivity contribution in [2.75, 3.05) is 0 Å².